The molecule has 0 bridgehead atoms. The van der Waals surface area contributed by atoms with Crippen LogP contribution in [-0.2, 0) is 16.6 Å². The van der Waals surface area contributed by atoms with Gasteiger partial charge in [0.1, 0.15) is 5.76 Å². The van der Waals surface area contributed by atoms with Crippen LogP contribution in [0.15, 0.2) is 65.1 Å². The summed E-state index contributed by atoms with van der Waals surface area (Å²) in [5.74, 6) is 1.49. The van der Waals surface area contributed by atoms with Crippen LogP contribution in [-0.4, -0.2) is 10.9 Å². The zero-order chi connectivity index (χ0) is 20.1. The van der Waals surface area contributed by atoms with Crippen LogP contribution in [0.3, 0.4) is 0 Å². The van der Waals surface area contributed by atoms with Crippen molar-refractivity contribution in [3.8, 4) is 0 Å². The van der Waals surface area contributed by atoms with Crippen LogP contribution in [0, 0.1) is 6.92 Å². The van der Waals surface area contributed by atoms with E-state index in [1.165, 1.54) is 0 Å². The highest BCUT2D eigenvalue weighted by atomic mass is 16.4. The maximum Gasteiger partial charge on any atom is 0.221 e. The Morgan fingerprint density at radius 3 is 2.00 bits per heavy atom. The molecule has 0 aliphatic rings. The number of hydrogen-bond donors (Lipinski definition) is 1. The molecule has 0 saturated heterocycles. The van der Waals surface area contributed by atoms with E-state index in [1.54, 1.807) is 0 Å². The number of amides is 1. The lowest BCUT2D eigenvalue weighted by Gasteiger charge is -2.20. The summed E-state index contributed by atoms with van der Waals surface area (Å²) in [4.78, 5) is 17.2. The molecule has 0 aliphatic heterocycles. The molecule has 1 aromatic heterocycles. The molecule has 4 nitrogen and oxygen atoms in total. The predicted octanol–water partition coefficient (Wildman–Crippen LogP) is 5.12. The number of aryl methyl sites for hydroxylation is 2. The highest BCUT2D eigenvalue weighted by molar-refractivity contribution is 5.77. The van der Waals surface area contributed by atoms with Gasteiger partial charge in [0.15, 0.2) is 5.89 Å². The van der Waals surface area contributed by atoms with E-state index in [4.69, 9.17) is 4.42 Å². The first kappa shape index (κ1) is 19.9. The molecule has 0 spiro atoms. The lowest BCUT2D eigenvalue weighted by atomic mass is 9.97. The fourth-order valence-electron chi connectivity index (χ4n) is 3.09. The summed E-state index contributed by atoms with van der Waals surface area (Å²) in [5.41, 5.74) is 2.85. The zero-order valence-electron chi connectivity index (χ0n) is 17.0. The smallest absolute Gasteiger partial charge is 0.221 e. The van der Waals surface area contributed by atoms with Crippen molar-refractivity contribution >= 4 is 5.91 Å². The van der Waals surface area contributed by atoms with Gasteiger partial charge in [-0.05, 0) is 18.1 Å². The monoisotopic (exact) mass is 376 g/mol. The molecule has 2 aromatic carbocycles. The van der Waals surface area contributed by atoms with Crippen molar-refractivity contribution in [3.63, 3.8) is 0 Å². The SMILES string of the molecule is Cc1nc(C(C)(C)C)oc1CCC(=O)NC(c1ccccc1)c1ccccc1. The summed E-state index contributed by atoms with van der Waals surface area (Å²) in [6, 6.07) is 19.9. The average molecular weight is 376 g/mol. The van der Waals surface area contributed by atoms with Crippen LogP contribution in [0.1, 0.15) is 61.7 Å². The molecule has 0 unspecified atom stereocenters. The van der Waals surface area contributed by atoms with Crippen molar-refractivity contribution in [3.05, 3.63) is 89.1 Å². The summed E-state index contributed by atoms with van der Waals surface area (Å²) >= 11 is 0. The minimum atomic E-state index is -0.171. The second-order valence-electron chi connectivity index (χ2n) is 8.10. The van der Waals surface area contributed by atoms with Crippen LogP contribution in [0.2, 0.25) is 0 Å². The summed E-state index contributed by atoms with van der Waals surface area (Å²) in [5, 5.41) is 3.18. The lowest BCUT2D eigenvalue weighted by molar-refractivity contribution is -0.121. The molecule has 3 aromatic rings. The topological polar surface area (TPSA) is 55.1 Å². The van der Waals surface area contributed by atoms with Gasteiger partial charge in [0, 0.05) is 18.3 Å². The molecule has 0 saturated carbocycles. The Hall–Kier alpha value is -2.88. The van der Waals surface area contributed by atoms with E-state index in [0.29, 0.717) is 18.7 Å². The van der Waals surface area contributed by atoms with Gasteiger partial charge in [-0.25, -0.2) is 4.98 Å². The number of nitrogens with one attached hydrogen (secondary N) is 1. The van der Waals surface area contributed by atoms with Gasteiger partial charge in [0.05, 0.1) is 11.7 Å². The largest absolute Gasteiger partial charge is 0.445 e. The average Bonchev–Trinajstić information content (AvgIpc) is 3.07. The highest BCUT2D eigenvalue weighted by Gasteiger charge is 2.23. The molecule has 0 fully saturated rings. The van der Waals surface area contributed by atoms with Crippen LogP contribution < -0.4 is 5.32 Å². The highest BCUT2D eigenvalue weighted by Crippen LogP contribution is 2.25. The maximum atomic E-state index is 12.7. The normalized spacial score (nSPS) is 11.6. The van der Waals surface area contributed by atoms with Crippen molar-refractivity contribution in [2.24, 2.45) is 0 Å². The van der Waals surface area contributed by atoms with Gasteiger partial charge in [-0.1, -0.05) is 81.4 Å². The maximum absolute atomic E-state index is 12.7. The van der Waals surface area contributed by atoms with E-state index < -0.39 is 0 Å². The van der Waals surface area contributed by atoms with Crippen molar-refractivity contribution in [1.29, 1.82) is 0 Å². The molecule has 0 radical (unpaired) electrons. The van der Waals surface area contributed by atoms with Crippen molar-refractivity contribution in [2.75, 3.05) is 0 Å². The van der Waals surface area contributed by atoms with E-state index >= 15 is 0 Å². The third kappa shape index (κ3) is 4.89. The van der Waals surface area contributed by atoms with Crippen LogP contribution in [0.4, 0.5) is 0 Å². The first-order valence-electron chi connectivity index (χ1n) is 9.70. The van der Waals surface area contributed by atoms with Crippen molar-refractivity contribution in [1.82, 2.24) is 10.3 Å². The van der Waals surface area contributed by atoms with Crippen molar-refractivity contribution < 1.29 is 9.21 Å². The van der Waals surface area contributed by atoms with E-state index in [1.807, 2.05) is 67.6 Å². The first-order valence-corrected chi connectivity index (χ1v) is 9.70. The number of aromatic nitrogens is 1. The van der Waals surface area contributed by atoms with Crippen molar-refractivity contribution in [2.45, 2.75) is 52.0 Å². The molecule has 1 amide bonds. The van der Waals surface area contributed by atoms with E-state index in [-0.39, 0.29) is 17.4 Å². The number of rotatable bonds is 6. The van der Waals surface area contributed by atoms with Crippen LogP contribution in [0.25, 0.3) is 0 Å². The van der Waals surface area contributed by atoms with Gasteiger partial charge in [0.25, 0.3) is 0 Å². The van der Waals surface area contributed by atoms with Gasteiger partial charge in [0.2, 0.25) is 5.91 Å². The van der Waals surface area contributed by atoms with Gasteiger partial charge >= 0.3 is 0 Å². The molecule has 0 atom stereocenters. The third-order valence-electron chi connectivity index (χ3n) is 4.68. The minimum absolute atomic E-state index is 0.00850. The van der Waals surface area contributed by atoms with E-state index in [2.05, 4.69) is 31.1 Å². The second-order valence-corrected chi connectivity index (χ2v) is 8.10. The number of carbonyl (C=O) groups excluding carboxylic acids is 1. The number of carbonyl (C=O) groups is 1. The standard InChI is InChI=1S/C24H28N2O2/c1-17-20(28-23(25-17)24(2,3)4)15-16-21(27)26-22(18-11-7-5-8-12-18)19-13-9-6-10-14-19/h5-14,22H,15-16H2,1-4H3,(H,26,27). The number of nitrogens with zero attached hydrogens (tertiary/aromatic N) is 1. The predicted molar refractivity (Wildman–Crippen MR) is 111 cm³/mol. The number of oxazole rings is 1. The van der Waals surface area contributed by atoms with Gasteiger partial charge < -0.3 is 9.73 Å². The van der Waals surface area contributed by atoms with Gasteiger partial charge in [-0.2, -0.15) is 0 Å². The van der Waals surface area contributed by atoms with Gasteiger partial charge in [-0.15, -0.1) is 0 Å². The van der Waals surface area contributed by atoms with Crippen LogP contribution >= 0.6 is 0 Å². The Kier molecular flexibility index (Phi) is 5.98. The van der Waals surface area contributed by atoms with E-state index in [0.717, 1.165) is 22.6 Å². The lowest BCUT2D eigenvalue weighted by Crippen LogP contribution is -2.29. The molecule has 1 N–H and O–H groups in total. The summed E-state index contributed by atoms with van der Waals surface area (Å²) < 4.78 is 5.91. The summed E-state index contributed by atoms with van der Waals surface area (Å²) in [7, 11) is 0. The van der Waals surface area contributed by atoms with Gasteiger partial charge in [-0.3, -0.25) is 4.79 Å². The van der Waals surface area contributed by atoms with E-state index in [9.17, 15) is 4.79 Å². The second kappa shape index (κ2) is 8.42. The molecular formula is C24H28N2O2. The Morgan fingerprint density at radius 1 is 1.00 bits per heavy atom. The molecule has 146 valence electrons. The zero-order valence-corrected chi connectivity index (χ0v) is 17.0. The Balaban J connectivity index is 1.71. The molecule has 28 heavy (non-hydrogen) atoms. The Labute approximate surface area is 167 Å². The summed E-state index contributed by atoms with van der Waals surface area (Å²) in [6.07, 6.45) is 0.896. The molecule has 4 heteroatoms. The quantitative estimate of drug-likeness (QED) is 0.650. The number of benzene rings is 2. The minimum Gasteiger partial charge on any atom is -0.445 e. The fourth-order valence-corrected chi connectivity index (χ4v) is 3.09. The molecule has 3 rings (SSSR count). The first-order chi connectivity index (χ1) is 13.3. The molecular weight excluding hydrogens is 348 g/mol. The molecule has 1 heterocycles. The third-order valence-corrected chi connectivity index (χ3v) is 4.68. The Morgan fingerprint density at radius 2 is 1.54 bits per heavy atom. The number of hydrogen-bond acceptors (Lipinski definition) is 3. The molecule has 0 aliphatic carbocycles. The Bertz CT molecular complexity index is 869. The van der Waals surface area contributed by atoms with Crippen LogP contribution in [0.5, 0.6) is 0 Å². The summed E-state index contributed by atoms with van der Waals surface area (Å²) in [6.45, 7) is 8.14. The fraction of sp³-hybridized carbons (Fsp3) is 0.333.